The molecule has 0 radical (unpaired) electrons. The first kappa shape index (κ1) is 13.5. The molecule has 2 rings (SSSR count). The number of fused-ring (bicyclic) bond motifs is 1. The maximum Gasteiger partial charge on any atom is 0.341 e. The highest BCUT2D eigenvalue weighted by Crippen LogP contribution is 2.13. The first-order valence-electron chi connectivity index (χ1n) is 6.43. The highest BCUT2D eigenvalue weighted by Gasteiger charge is 2.13. The molecule has 19 heavy (non-hydrogen) atoms. The number of ether oxygens (including phenoxy) is 1. The van der Waals surface area contributed by atoms with E-state index in [-0.39, 0.29) is 5.97 Å². The van der Waals surface area contributed by atoms with Crippen molar-refractivity contribution in [2.45, 2.75) is 32.9 Å². The first-order chi connectivity index (χ1) is 9.15. The van der Waals surface area contributed by atoms with Gasteiger partial charge >= 0.3 is 5.97 Å². The highest BCUT2D eigenvalue weighted by molar-refractivity contribution is 5.95. The van der Waals surface area contributed by atoms with E-state index in [1.165, 1.54) is 7.11 Å². The van der Waals surface area contributed by atoms with Gasteiger partial charge < -0.3 is 14.5 Å². The number of aromatic nitrogens is 2. The number of hydrogen-bond donors (Lipinski definition) is 1. The summed E-state index contributed by atoms with van der Waals surface area (Å²) in [7, 11) is 1.38. The van der Waals surface area contributed by atoms with Crippen molar-refractivity contribution in [3.63, 3.8) is 0 Å². The Bertz CT molecular complexity index is 577. The number of imidazole rings is 1. The van der Waals surface area contributed by atoms with Crippen LogP contribution in [0.2, 0.25) is 0 Å². The molecule has 0 aliphatic carbocycles. The van der Waals surface area contributed by atoms with Crippen LogP contribution in [0.4, 0.5) is 0 Å². The van der Waals surface area contributed by atoms with Crippen molar-refractivity contribution in [3.05, 3.63) is 35.8 Å². The van der Waals surface area contributed by atoms with Gasteiger partial charge in [0.25, 0.3) is 0 Å². The zero-order valence-electron chi connectivity index (χ0n) is 11.5. The quantitative estimate of drug-likeness (QED) is 0.836. The molecule has 102 valence electrons. The van der Waals surface area contributed by atoms with Crippen molar-refractivity contribution < 1.29 is 9.53 Å². The van der Waals surface area contributed by atoms with Gasteiger partial charge in [-0.25, -0.2) is 9.78 Å². The molecule has 0 fully saturated rings. The van der Waals surface area contributed by atoms with Crippen molar-refractivity contribution in [1.29, 1.82) is 0 Å². The number of pyridine rings is 1. The van der Waals surface area contributed by atoms with Gasteiger partial charge in [-0.1, -0.05) is 6.92 Å². The van der Waals surface area contributed by atoms with E-state index >= 15 is 0 Å². The second-order valence-electron chi connectivity index (χ2n) is 4.60. The molecule has 0 aromatic carbocycles. The zero-order valence-corrected chi connectivity index (χ0v) is 11.5. The monoisotopic (exact) mass is 261 g/mol. The number of hydrogen-bond acceptors (Lipinski definition) is 4. The number of nitrogens with zero attached hydrogens (tertiary/aromatic N) is 2. The molecule has 2 aromatic rings. The molecule has 5 heteroatoms. The minimum atomic E-state index is -0.360. The minimum Gasteiger partial charge on any atom is -0.465 e. The minimum absolute atomic E-state index is 0.360. The number of carbonyl (C=O) groups excluding carboxylic acids is 1. The van der Waals surface area contributed by atoms with E-state index in [9.17, 15) is 4.79 Å². The Balaban J connectivity index is 2.32. The summed E-state index contributed by atoms with van der Waals surface area (Å²) < 4.78 is 6.65. The van der Waals surface area contributed by atoms with Gasteiger partial charge in [0.15, 0.2) is 5.65 Å². The van der Waals surface area contributed by atoms with E-state index in [2.05, 4.69) is 24.1 Å². The fraction of sp³-hybridized carbons (Fsp3) is 0.429. The van der Waals surface area contributed by atoms with E-state index in [1.807, 2.05) is 22.9 Å². The van der Waals surface area contributed by atoms with Crippen LogP contribution >= 0.6 is 0 Å². The molecule has 0 bridgehead atoms. The maximum atomic E-state index is 11.8. The average molecular weight is 261 g/mol. The number of carbonyl (C=O) groups is 1. The van der Waals surface area contributed by atoms with Crippen LogP contribution in [0.25, 0.3) is 5.65 Å². The SMILES string of the molecule is CC[C@H](C)NCc1cc(C(=O)OC)c2nccn2c1. The summed E-state index contributed by atoms with van der Waals surface area (Å²) in [6.07, 6.45) is 6.55. The van der Waals surface area contributed by atoms with E-state index in [1.54, 1.807) is 6.20 Å². The summed E-state index contributed by atoms with van der Waals surface area (Å²) in [6, 6.07) is 2.28. The lowest BCUT2D eigenvalue weighted by Crippen LogP contribution is -2.24. The Morgan fingerprint density at radius 2 is 2.37 bits per heavy atom. The second-order valence-corrected chi connectivity index (χ2v) is 4.60. The van der Waals surface area contributed by atoms with Crippen LogP contribution in [0.1, 0.15) is 36.2 Å². The summed E-state index contributed by atoms with van der Waals surface area (Å²) in [5.41, 5.74) is 2.15. The predicted octanol–water partition coefficient (Wildman–Crippen LogP) is 2.01. The molecule has 5 nitrogen and oxygen atoms in total. The number of esters is 1. The molecule has 1 N–H and O–H groups in total. The third kappa shape index (κ3) is 2.93. The van der Waals surface area contributed by atoms with Crippen LogP contribution in [0.15, 0.2) is 24.7 Å². The van der Waals surface area contributed by atoms with Gasteiger partial charge in [-0.05, 0) is 25.0 Å². The molecule has 0 aliphatic heterocycles. The largest absolute Gasteiger partial charge is 0.465 e. The van der Waals surface area contributed by atoms with Crippen LogP contribution in [0, 0.1) is 0 Å². The van der Waals surface area contributed by atoms with Crippen molar-refractivity contribution >= 4 is 11.6 Å². The number of nitrogens with one attached hydrogen (secondary N) is 1. The summed E-state index contributed by atoms with van der Waals surface area (Å²) in [4.78, 5) is 16.0. The van der Waals surface area contributed by atoms with Gasteiger partial charge in [-0.2, -0.15) is 0 Å². The lowest BCUT2D eigenvalue weighted by atomic mass is 10.1. The molecule has 0 spiro atoms. The molecule has 1 atom stereocenters. The fourth-order valence-electron chi connectivity index (χ4n) is 1.88. The smallest absolute Gasteiger partial charge is 0.341 e. The topological polar surface area (TPSA) is 55.6 Å². The van der Waals surface area contributed by atoms with Crippen LogP contribution in [-0.4, -0.2) is 28.5 Å². The first-order valence-corrected chi connectivity index (χ1v) is 6.43. The fourth-order valence-corrected chi connectivity index (χ4v) is 1.88. The normalized spacial score (nSPS) is 12.6. The highest BCUT2D eigenvalue weighted by atomic mass is 16.5. The molecular weight excluding hydrogens is 242 g/mol. The maximum absolute atomic E-state index is 11.8. The van der Waals surface area contributed by atoms with E-state index in [0.29, 0.717) is 23.8 Å². The van der Waals surface area contributed by atoms with Gasteiger partial charge in [0.1, 0.15) is 5.56 Å². The molecular formula is C14H19N3O2. The molecule has 0 aliphatic rings. The summed E-state index contributed by atoms with van der Waals surface area (Å²) >= 11 is 0. The van der Waals surface area contributed by atoms with Gasteiger partial charge in [0.05, 0.1) is 7.11 Å². The molecule has 0 unspecified atom stereocenters. The lowest BCUT2D eigenvalue weighted by molar-refractivity contribution is 0.0602. The van der Waals surface area contributed by atoms with Crippen molar-refractivity contribution in [2.75, 3.05) is 7.11 Å². The second kappa shape index (κ2) is 5.84. The van der Waals surface area contributed by atoms with E-state index < -0.39 is 0 Å². The Kier molecular flexibility index (Phi) is 4.16. The van der Waals surface area contributed by atoms with Crippen LogP contribution in [0.3, 0.4) is 0 Å². The summed E-state index contributed by atoms with van der Waals surface area (Å²) in [5, 5.41) is 3.40. The van der Waals surface area contributed by atoms with Gasteiger partial charge in [-0.15, -0.1) is 0 Å². The summed E-state index contributed by atoms with van der Waals surface area (Å²) in [6.45, 7) is 4.99. The zero-order chi connectivity index (χ0) is 13.8. The third-order valence-corrected chi connectivity index (χ3v) is 3.22. The van der Waals surface area contributed by atoms with Crippen LogP contribution < -0.4 is 5.32 Å². The van der Waals surface area contributed by atoms with Crippen LogP contribution in [-0.2, 0) is 11.3 Å². The molecule has 2 aromatic heterocycles. The Hall–Kier alpha value is -1.88. The number of rotatable bonds is 5. The Labute approximate surface area is 112 Å². The van der Waals surface area contributed by atoms with Gasteiger partial charge in [0, 0.05) is 31.2 Å². The van der Waals surface area contributed by atoms with E-state index in [0.717, 1.165) is 12.0 Å². The Morgan fingerprint density at radius 3 is 3.05 bits per heavy atom. The standard InChI is InChI=1S/C14H19N3O2/c1-4-10(2)16-8-11-7-12(14(18)19-3)13-15-5-6-17(13)9-11/h5-7,9-10,16H,4,8H2,1-3H3/t10-/m0/s1. The Morgan fingerprint density at radius 1 is 1.58 bits per heavy atom. The van der Waals surface area contributed by atoms with Crippen molar-refractivity contribution in [3.8, 4) is 0 Å². The average Bonchev–Trinajstić information content (AvgIpc) is 2.91. The number of methoxy groups -OCH3 is 1. The van der Waals surface area contributed by atoms with Gasteiger partial charge in [0.2, 0.25) is 0 Å². The van der Waals surface area contributed by atoms with Crippen LogP contribution in [0.5, 0.6) is 0 Å². The molecule has 0 saturated carbocycles. The lowest BCUT2D eigenvalue weighted by Gasteiger charge is -2.12. The molecule has 0 saturated heterocycles. The van der Waals surface area contributed by atoms with Crippen molar-refractivity contribution in [2.24, 2.45) is 0 Å². The van der Waals surface area contributed by atoms with E-state index in [4.69, 9.17) is 4.74 Å². The predicted molar refractivity (Wildman–Crippen MR) is 73.1 cm³/mol. The molecule has 2 heterocycles. The van der Waals surface area contributed by atoms with Crippen molar-refractivity contribution in [1.82, 2.24) is 14.7 Å². The summed E-state index contributed by atoms with van der Waals surface area (Å²) in [5.74, 6) is -0.360. The third-order valence-electron chi connectivity index (χ3n) is 3.22. The van der Waals surface area contributed by atoms with Gasteiger partial charge in [-0.3, -0.25) is 0 Å². The molecule has 0 amide bonds.